The molecule has 1 aromatic heterocycles. The second kappa shape index (κ2) is 7.85. The molecule has 2 aromatic carbocycles. The van der Waals surface area contributed by atoms with Gasteiger partial charge >= 0.3 is 0 Å². The normalized spacial score (nSPS) is 13.8. The molecule has 0 saturated heterocycles. The first-order chi connectivity index (χ1) is 13.6. The van der Waals surface area contributed by atoms with Crippen LogP contribution in [0.4, 0.5) is 0 Å². The lowest BCUT2D eigenvalue weighted by atomic mass is 9.92. The predicted molar refractivity (Wildman–Crippen MR) is 111 cm³/mol. The highest BCUT2D eigenvalue weighted by Crippen LogP contribution is 2.31. The summed E-state index contributed by atoms with van der Waals surface area (Å²) in [6, 6.07) is 21.7. The van der Waals surface area contributed by atoms with Crippen molar-refractivity contribution < 1.29 is 4.79 Å². The van der Waals surface area contributed by atoms with Crippen LogP contribution in [0.15, 0.2) is 71.5 Å². The third kappa shape index (κ3) is 3.77. The van der Waals surface area contributed by atoms with Crippen molar-refractivity contribution in [2.24, 2.45) is 0 Å². The maximum Gasteiger partial charge on any atom is 0.268 e. The van der Waals surface area contributed by atoms with Gasteiger partial charge in [0.15, 0.2) is 0 Å². The second-order valence-electron chi connectivity index (χ2n) is 7.45. The van der Waals surface area contributed by atoms with Gasteiger partial charge in [0.25, 0.3) is 11.5 Å². The number of nitrogens with zero attached hydrogens (tertiary/aromatic N) is 1. The quantitative estimate of drug-likeness (QED) is 0.718. The van der Waals surface area contributed by atoms with Gasteiger partial charge in [-0.1, -0.05) is 60.2 Å². The topological polar surface area (TPSA) is 51.1 Å². The average Bonchev–Trinajstić information content (AvgIpc) is 2.67. The van der Waals surface area contributed by atoms with Crippen LogP contribution >= 0.6 is 0 Å². The molecule has 1 amide bonds. The van der Waals surface area contributed by atoms with E-state index in [-0.39, 0.29) is 17.5 Å². The first-order valence-corrected chi connectivity index (χ1v) is 9.77. The number of aryl methyl sites for hydroxylation is 1. The molecule has 3 aromatic rings. The van der Waals surface area contributed by atoms with Gasteiger partial charge in [0.1, 0.15) is 5.69 Å². The van der Waals surface area contributed by atoms with Crippen molar-refractivity contribution in [3.05, 3.63) is 93.9 Å². The van der Waals surface area contributed by atoms with Gasteiger partial charge in [-0.2, -0.15) is 0 Å². The van der Waals surface area contributed by atoms with E-state index < -0.39 is 0 Å². The Morgan fingerprint density at radius 1 is 0.964 bits per heavy atom. The number of carbonyl (C=O) groups is 1. The van der Waals surface area contributed by atoms with Crippen molar-refractivity contribution in [1.29, 1.82) is 0 Å². The standard InChI is InChI=1S/C24H24N2O2/c1-17-8-12-19(13-9-17)20-14-10-18(11-15-20)16-25-24(28)22-6-3-7-23(27)26(22)21-4-2-5-21/h3,6-15,21H,2,4-5,16H2,1H3,(H,25,28). The molecule has 1 aliphatic rings. The van der Waals surface area contributed by atoms with E-state index in [1.807, 2.05) is 12.1 Å². The van der Waals surface area contributed by atoms with Crippen LogP contribution in [-0.2, 0) is 6.54 Å². The monoisotopic (exact) mass is 372 g/mol. The molecule has 0 atom stereocenters. The Balaban J connectivity index is 1.45. The fraction of sp³-hybridized carbons (Fsp3) is 0.250. The van der Waals surface area contributed by atoms with Crippen LogP contribution in [0.5, 0.6) is 0 Å². The van der Waals surface area contributed by atoms with Gasteiger partial charge in [0.2, 0.25) is 0 Å². The lowest BCUT2D eigenvalue weighted by Gasteiger charge is -2.29. The van der Waals surface area contributed by atoms with Gasteiger partial charge in [-0.25, -0.2) is 0 Å². The van der Waals surface area contributed by atoms with Crippen molar-refractivity contribution in [2.75, 3.05) is 0 Å². The minimum absolute atomic E-state index is 0.0974. The van der Waals surface area contributed by atoms with E-state index in [9.17, 15) is 9.59 Å². The fourth-order valence-corrected chi connectivity index (χ4v) is 3.54. The molecular weight excluding hydrogens is 348 g/mol. The van der Waals surface area contributed by atoms with Gasteiger partial charge < -0.3 is 9.88 Å². The lowest BCUT2D eigenvalue weighted by molar-refractivity contribution is 0.0933. The van der Waals surface area contributed by atoms with Gasteiger partial charge in [-0.15, -0.1) is 0 Å². The maximum atomic E-state index is 12.7. The van der Waals surface area contributed by atoms with Crippen molar-refractivity contribution in [2.45, 2.75) is 38.8 Å². The molecule has 0 radical (unpaired) electrons. The minimum atomic E-state index is -0.202. The molecule has 0 aliphatic heterocycles. The lowest BCUT2D eigenvalue weighted by Crippen LogP contribution is -2.36. The van der Waals surface area contributed by atoms with Gasteiger partial charge in [-0.05, 0) is 48.9 Å². The molecule has 4 heteroatoms. The molecule has 1 heterocycles. The summed E-state index contributed by atoms with van der Waals surface area (Å²) in [6.45, 7) is 2.51. The molecule has 1 fully saturated rings. The largest absolute Gasteiger partial charge is 0.347 e. The van der Waals surface area contributed by atoms with Crippen molar-refractivity contribution >= 4 is 5.91 Å². The molecule has 0 spiro atoms. The SMILES string of the molecule is Cc1ccc(-c2ccc(CNC(=O)c3cccc(=O)n3C3CCC3)cc2)cc1. The van der Waals surface area contributed by atoms with Crippen LogP contribution < -0.4 is 10.9 Å². The summed E-state index contributed by atoms with van der Waals surface area (Å²) >= 11 is 0. The molecular formula is C24H24N2O2. The summed E-state index contributed by atoms with van der Waals surface area (Å²) in [5, 5.41) is 2.95. The molecule has 4 nitrogen and oxygen atoms in total. The molecule has 0 bridgehead atoms. The molecule has 142 valence electrons. The minimum Gasteiger partial charge on any atom is -0.347 e. The van der Waals surface area contributed by atoms with Gasteiger partial charge in [0, 0.05) is 18.7 Å². The smallest absolute Gasteiger partial charge is 0.268 e. The Bertz CT molecular complexity index is 1030. The van der Waals surface area contributed by atoms with Crippen molar-refractivity contribution in [3.63, 3.8) is 0 Å². The summed E-state index contributed by atoms with van der Waals surface area (Å²) in [5.74, 6) is -0.202. The number of rotatable bonds is 5. The summed E-state index contributed by atoms with van der Waals surface area (Å²) in [5.41, 5.74) is 4.95. The first kappa shape index (κ1) is 18.2. The average molecular weight is 372 g/mol. The van der Waals surface area contributed by atoms with E-state index in [1.165, 1.54) is 17.2 Å². The predicted octanol–water partition coefficient (Wildman–Crippen LogP) is 4.48. The zero-order valence-electron chi connectivity index (χ0n) is 16.0. The van der Waals surface area contributed by atoms with Crippen molar-refractivity contribution in [1.82, 2.24) is 9.88 Å². The molecule has 1 N–H and O–H groups in total. The highest BCUT2D eigenvalue weighted by atomic mass is 16.2. The van der Waals surface area contributed by atoms with E-state index in [2.05, 4.69) is 48.6 Å². The number of nitrogens with one attached hydrogen (secondary N) is 1. The molecule has 1 aliphatic carbocycles. The van der Waals surface area contributed by atoms with E-state index in [0.29, 0.717) is 12.2 Å². The Morgan fingerprint density at radius 3 is 2.21 bits per heavy atom. The maximum absolute atomic E-state index is 12.7. The van der Waals surface area contributed by atoms with E-state index in [4.69, 9.17) is 0 Å². The third-order valence-corrected chi connectivity index (χ3v) is 5.45. The van der Waals surface area contributed by atoms with Crippen LogP contribution in [0.3, 0.4) is 0 Å². The Morgan fingerprint density at radius 2 is 1.61 bits per heavy atom. The number of hydrogen-bond donors (Lipinski definition) is 1. The number of amides is 1. The summed E-state index contributed by atoms with van der Waals surface area (Å²) in [6.07, 6.45) is 3.04. The highest BCUT2D eigenvalue weighted by molar-refractivity contribution is 5.92. The van der Waals surface area contributed by atoms with Crippen LogP contribution in [0.2, 0.25) is 0 Å². The van der Waals surface area contributed by atoms with E-state index in [0.717, 1.165) is 30.4 Å². The molecule has 4 rings (SSSR count). The van der Waals surface area contributed by atoms with Gasteiger partial charge in [0.05, 0.1) is 0 Å². The third-order valence-electron chi connectivity index (χ3n) is 5.45. The van der Waals surface area contributed by atoms with Gasteiger partial charge in [-0.3, -0.25) is 9.59 Å². The molecule has 1 saturated carbocycles. The van der Waals surface area contributed by atoms with Crippen LogP contribution in [0.25, 0.3) is 11.1 Å². The van der Waals surface area contributed by atoms with Crippen LogP contribution in [0, 0.1) is 6.92 Å². The summed E-state index contributed by atoms with van der Waals surface area (Å²) < 4.78 is 1.65. The van der Waals surface area contributed by atoms with Crippen LogP contribution in [-0.4, -0.2) is 10.5 Å². The number of benzene rings is 2. The fourth-order valence-electron chi connectivity index (χ4n) is 3.54. The second-order valence-corrected chi connectivity index (χ2v) is 7.45. The number of carbonyl (C=O) groups excluding carboxylic acids is 1. The van der Waals surface area contributed by atoms with Crippen molar-refractivity contribution in [3.8, 4) is 11.1 Å². The number of pyridine rings is 1. The zero-order chi connectivity index (χ0) is 19.5. The van der Waals surface area contributed by atoms with E-state index >= 15 is 0 Å². The summed E-state index contributed by atoms with van der Waals surface area (Å²) in [7, 11) is 0. The zero-order valence-corrected chi connectivity index (χ0v) is 16.0. The molecule has 28 heavy (non-hydrogen) atoms. The Labute approximate surface area is 164 Å². The van der Waals surface area contributed by atoms with E-state index in [1.54, 1.807) is 16.7 Å². The highest BCUT2D eigenvalue weighted by Gasteiger charge is 2.24. The van der Waals surface area contributed by atoms with Crippen LogP contribution in [0.1, 0.15) is 46.9 Å². The number of hydrogen-bond acceptors (Lipinski definition) is 2. The number of aromatic nitrogens is 1. The Hall–Kier alpha value is -3.14. The Kier molecular flexibility index (Phi) is 5.11. The summed E-state index contributed by atoms with van der Waals surface area (Å²) in [4.78, 5) is 24.9. The first-order valence-electron chi connectivity index (χ1n) is 9.77. The molecule has 0 unspecified atom stereocenters.